The highest BCUT2D eigenvalue weighted by Gasteiger charge is 2.62. The van der Waals surface area contributed by atoms with Crippen LogP contribution >= 0.6 is 0 Å². The maximum absolute atomic E-state index is 15.0. The fourth-order valence-electron chi connectivity index (χ4n) is 15.0. The van der Waals surface area contributed by atoms with Gasteiger partial charge in [-0.3, -0.25) is 72.1 Å². The first-order valence-corrected chi connectivity index (χ1v) is 38.7. The summed E-state index contributed by atoms with van der Waals surface area (Å²) in [5.74, 6) is -17.5. The second-order valence-corrected chi connectivity index (χ2v) is 29.7. The highest BCUT2D eigenvalue weighted by atomic mass is 16.9. The molecule has 26 N–H and O–H groups in total. The van der Waals surface area contributed by atoms with Gasteiger partial charge in [-0.1, -0.05) is 0 Å². The fraction of sp³-hybridized carbons (Fsp3) is 0.783. The van der Waals surface area contributed by atoms with E-state index in [0.29, 0.717) is 38.5 Å². The van der Waals surface area contributed by atoms with Crippen LogP contribution in [0.2, 0.25) is 0 Å². The number of nitrogens with zero attached hydrogens (tertiary/aromatic N) is 5. The summed E-state index contributed by atoms with van der Waals surface area (Å²) in [6.07, 6.45) is -28.7. The molecule has 0 bridgehead atoms. The molecule has 0 spiro atoms. The van der Waals surface area contributed by atoms with Crippen molar-refractivity contribution >= 4 is 88.7 Å². The number of likely N-dealkylation sites (N-methyl/N-ethyl adjacent to an activating group) is 1. The van der Waals surface area contributed by atoms with Gasteiger partial charge in [-0.05, 0) is 99.0 Å². The molecule has 49 heteroatoms. The van der Waals surface area contributed by atoms with Gasteiger partial charge in [-0.15, -0.1) is 0 Å². The number of carbonyl (C=O) groups excluding carboxylic acids is 13. The Hall–Kier alpha value is -8.87. The third-order valence-corrected chi connectivity index (χ3v) is 21.2. The number of aliphatic imine (C=N–C) groups is 1. The number of aliphatic hydroxyl groups is 10. The van der Waals surface area contributed by atoms with Gasteiger partial charge in [0.2, 0.25) is 76.8 Å². The van der Waals surface area contributed by atoms with Crippen LogP contribution in [0, 0.1) is 0 Å². The van der Waals surface area contributed by atoms with Crippen molar-refractivity contribution in [3.63, 3.8) is 0 Å². The summed E-state index contributed by atoms with van der Waals surface area (Å²) < 4.78 is 40.2. The molecule has 7 heterocycles. The van der Waals surface area contributed by atoms with E-state index in [-0.39, 0.29) is 70.3 Å². The highest BCUT2D eigenvalue weighted by molar-refractivity contribution is 5.99. The Morgan fingerprint density at radius 1 is 0.576 bits per heavy atom. The van der Waals surface area contributed by atoms with Gasteiger partial charge in [0.1, 0.15) is 127 Å². The van der Waals surface area contributed by atoms with Gasteiger partial charge < -0.3 is 169 Å². The van der Waals surface area contributed by atoms with Gasteiger partial charge >= 0.3 is 11.9 Å². The quantitative estimate of drug-likeness (QED) is 0.0155. The number of rotatable bonds is 38. The van der Waals surface area contributed by atoms with Crippen molar-refractivity contribution in [2.75, 3.05) is 72.7 Å². The molecule has 666 valence electrons. The van der Waals surface area contributed by atoms with Crippen molar-refractivity contribution in [3.8, 4) is 0 Å². The lowest BCUT2D eigenvalue weighted by atomic mass is 9.95. The third kappa shape index (κ3) is 23.6. The zero-order valence-corrected chi connectivity index (χ0v) is 66.1. The number of carbonyl (C=O) groups is 14. The van der Waals surface area contributed by atoms with Crippen molar-refractivity contribution in [1.29, 1.82) is 0 Å². The van der Waals surface area contributed by atoms with Crippen molar-refractivity contribution in [1.82, 2.24) is 67.5 Å². The van der Waals surface area contributed by atoms with Crippen LogP contribution in [-0.2, 0) is 100 Å². The monoisotopic (exact) mass is 1690 g/mol. The minimum Gasteiger partial charge on any atom is -0.475 e. The van der Waals surface area contributed by atoms with Crippen molar-refractivity contribution in [2.24, 2.45) is 22.2 Å². The molecule has 49 nitrogen and oxygen atoms in total. The lowest BCUT2D eigenvalue weighted by molar-refractivity contribution is -0.471. The summed E-state index contributed by atoms with van der Waals surface area (Å²) in [5, 5.41) is 142. The van der Waals surface area contributed by atoms with E-state index in [4.69, 9.17) is 50.4 Å². The average molecular weight is 1690 g/mol. The summed E-state index contributed by atoms with van der Waals surface area (Å²) in [4.78, 5) is 200. The van der Waals surface area contributed by atoms with E-state index in [1.165, 1.54) is 35.5 Å². The van der Waals surface area contributed by atoms with E-state index in [0.717, 1.165) is 25.7 Å². The average Bonchev–Trinajstić information content (AvgIpc) is 0.927. The molecule has 7 aliphatic rings. The molecule has 7 rings (SSSR count). The minimum atomic E-state index is -3.78. The molecule has 0 aromatic rings. The van der Waals surface area contributed by atoms with Crippen LogP contribution in [0.1, 0.15) is 106 Å². The lowest BCUT2D eigenvalue weighted by Crippen LogP contribution is -2.72. The number of hydrogen-bond acceptors (Lipinski definition) is 33. The van der Waals surface area contributed by atoms with Gasteiger partial charge in [0.05, 0.1) is 45.1 Å². The zero-order valence-electron chi connectivity index (χ0n) is 66.1. The summed E-state index contributed by atoms with van der Waals surface area (Å²) >= 11 is 0. The summed E-state index contributed by atoms with van der Waals surface area (Å²) in [5.41, 5.74) is 16.2. The van der Waals surface area contributed by atoms with Gasteiger partial charge in [-0.2, -0.15) is 0 Å². The van der Waals surface area contributed by atoms with Gasteiger partial charge in [0.15, 0.2) is 24.8 Å². The van der Waals surface area contributed by atoms with Crippen molar-refractivity contribution in [3.05, 3.63) is 0 Å². The number of hydrogen-bond donors (Lipinski definition) is 23. The molecule has 0 radical (unpaired) electrons. The Bertz CT molecular complexity index is 3590. The topological polar surface area (TPSA) is 738 Å². The van der Waals surface area contributed by atoms with Crippen LogP contribution in [0.4, 0.5) is 0 Å². The molecule has 0 saturated carbocycles. The first-order valence-electron chi connectivity index (χ1n) is 38.7. The zero-order chi connectivity index (χ0) is 87.6. The molecular weight excluding hydrogens is 1580 g/mol. The number of carboxylic acid groups (broad SMARTS) is 1. The van der Waals surface area contributed by atoms with E-state index < -0.39 is 274 Å². The van der Waals surface area contributed by atoms with Gasteiger partial charge in [0.25, 0.3) is 0 Å². The van der Waals surface area contributed by atoms with Crippen LogP contribution in [0.5, 0.6) is 0 Å². The number of nitrogens with one attached hydrogen (secondary N) is 9. The number of guanidine groups is 1. The summed E-state index contributed by atoms with van der Waals surface area (Å²) in [6.45, 7) is 1.71. The molecule has 7 aliphatic heterocycles. The third-order valence-electron chi connectivity index (χ3n) is 21.2. The van der Waals surface area contributed by atoms with E-state index in [1.807, 2.05) is 0 Å². The van der Waals surface area contributed by atoms with Crippen LogP contribution in [0.15, 0.2) is 4.99 Å². The predicted molar refractivity (Wildman–Crippen MR) is 394 cm³/mol. The molecule has 16 unspecified atom stereocenters. The first kappa shape index (κ1) is 96.3. The second-order valence-electron chi connectivity index (χ2n) is 29.7. The van der Waals surface area contributed by atoms with Crippen molar-refractivity contribution in [2.45, 2.75) is 270 Å². The SMILES string of the molecule is CNC(CCCN=C(N)N)C(=O)N1CCCC1C(=O)NC(C)C(=O)N1CCCC1C(=O)NCC(=O)NC(CO)C(=O)NC(C(=O)NC(C)C(=O)N1CCCC1C(=O)N1CCCC1C(=O)NC(C)C(N)=O)C(C)O[C@@H]1OC(CO)[C@H](O)C(O[C@@H]2OC(CO)[C@H](O)C(O[C@@]3(C(=O)O)OC([C@H](O)[C@H](O)CO)[C@H](NC(C)=O)[C@@H](O)O3)[C@H]2O)[C@H]1NC(C)=O. The molecular formula is C69H113N17O32. The van der Waals surface area contributed by atoms with Crippen LogP contribution in [0.3, 0.4) is 0 Å². The molecule has 7 fully saturated rings. The standard InChI is InChI=1S/C69H113N17O32/c1-28(54(70)99)76-57(102)38-16-11-21-85(38)63(108)39-17-12-22-86(39)61(106)30(3)78-59(104)44(82-55(100)35(24-87)81-43(94)23-75-56(101)36-14-9-19-83(36)60(105)29(2)77-58(103)37-15-10-20-84(37)62(107)34(73-7)13-8-18-74-68(71)72)31(4)112-65-46(80-33(6)92)51(48(96)41(26-89)113-65)115-66-50(98)53(49(97)42(27-90)114-66)117-69(67(110)111)116-52(47(95)40(93)25-88)45(64(109)118-69)79-32(5)91/h28-31,34-42,44-53,64-66,73,87-90,93,95-98,109H,8-27H2,1-7H3,(H2,70,99)(H,75,101)(H,76,102)(H,77,103)(H,78,104)(H,79,91)(H,80,92)(H,81,94)(H,82,100)(H,110,111)(H4,71,72,74)/t28?,29?,30?,31?,34?,35?,36?,37?,38?,39?,40-,41?,42?,44?,45+,46-,47-,48+,49+,50-,51?,52?,53?,64+,65-,66+,69-/m1/s1. The fourth-order valence-corrected chi connectivity index (χ4v) is 15.0. The molecule has 118 heavy (non-hydrogen) atoms. The summed E-state index contributed by atoms with van der Waals surface area (Å²) in [6, 6.07) is -17.1. The smallest absolute Gasteiger partial charge is 0.395 e. The van der Waals surface area contributed by atoms with Crippen LogP contribution in [-0.4, -0.2) is 402 Å². The van der Waals surface area contributed by atoms with Gasteiger partial charge in [-0.25, -0.2) is 4.79 Å². The normalized spacial score (nSPS) is 30.6. The number of nitrogens with two attached hydrogens (primary N) is 3. The number of likely N-dealkylation sites (tertiary alicyclic amines) is 4. The number of carboxylic acids is 1. The summed E-state index contributed by atoms with van der Waals surface area (Å²) in [7, 11) is 1.59. The number of ether oxygens (including phenoxy) is 7. The molecule has 0 aromatic carbocycles. The number of primary amides is 1. The Kier molecular flexibility index (Phi) is 35.4. The minimum absolute atomic E-state index is 0.0473. The van der Waals surface area contributed by atoms with E-state index >= 15 is 4.79 Å². The largest absolute Gasteiger partial charge is 0.475 e. The lowest BCUT2D eigenvalue weighted by Gasteiger charge is -2.50. The Balaban J connectivity index is 1.11. The maximum Gasteiger partial charge on any atom is 0.395 e. The Labute approximate surface area is 675 Å². The molecule has 0 aromatic heterocycles. The predicted octanol–water partition coefficient (Wildman–Crippen LogP) is -14.4. The van der Waals surface area contributed by atoms with E-state index in [2.05, 4.69) is 52.8 Å². The molecule has 27 atom stereocenters. The number of aliphatic hydroxyl groups excluding tert-OH is 10. The molecule has 0 aliphatic carbocycles. The molecule has 13 amide bonds. The second kappa shape index (κ2) is 43.4. The highest BCUT2D eigenvalue weighted by Crippen LogP contribution is 2.38. The number of aliphatic carboxylic acids is 1. The van der Waals surface area contributed by atoms with Gasteiger partial charge in [0, 0.05) is 46.6 Å². The Morgan fingerprint density at radius 2 is 1.08 bits per heavy atom. The maximum atomic E-state index is 15.0. The van der Waals surface area contributed by atoms with Crippen LogP contribution in [0.25, 0.3) is 0 Å². The van der Waals surface area contributed by atoms with Crippen molar-refractivity contribution < 1.29 is 156 Å². The number of amides is 13. The molecule has 7 saturated heterocycles. The van der Waals surface area contributed by atoms with E-state index in [9.17, 15) is 119 Å². The first-order chi connectivity index (χ1) is 55.7. The van der Waals surface area contributed by atoms with Crippen LogP contribution < -0.4 is 65.1 Å². The van der Waals surface area contributed by atoms with E-state index in [1.54, 1.807) is 7.05 Å². The Morgan fingerprint density at radius 3 is 1.62 bits per heavy atom.